The van der Waals surface area contributed by atoms with Crippen LogP contribution >= 0.6 is 11.3 Å². The van der Waals surface area contributed by atoms with Crippen LogP contribution in [0.2, 0.25) is 0 Å². The Morgan fingerprint density at radius 2 is 1.85 bits per heavy atom. The molecule has 1 fully saturated rings. The van der Waals surface area contributed by atoms with Crippen LogP contribution < -0.4 is 5.32 Å². The Morgan fingerprint density at radius 1 is 1.15 bits per heavy atom. The minimum atomic E-state index is -1.25. The zero-order chi connectivity index (χ0) is 18.3. The van der Waals surface area contributed by atoms with Crippen LogP contribution in [0.15, 0.2) is 42.4 Å². The van der Waals surface area contributed by atoms with Crippen LogP contribution in [0.1, 0.15) is 13.8 Å². The monoisotopic (exact) mass is 371 g/mol. The molecule has 1 aliphatic heterocycles. The fourth-order valence-electron chi connectivity index (χ4n) is 2.32. The number of fused-ring (bicyclic) bond motifs is 1. The number of cyclic esters (lactones) is 2. The van der Waals surface area contributed by atoms with Gasteiger partial charge < -0.3 is 14.8 Å². The topological polar surface area (TPSA) is 108 Å². The fraction of sp³-hybridized carbons (Fsp3) is 0.188. The molecule has 10 heteroatoms. The van der Waals surface area contributed by atoms with Crippen LogP contribution in [-0.2, 0) is 19.1 Å². The zero-order valence-electron chi connectivity index (χ0n) is 13.8. The van der Waals surface area contributed by atoms with Crippen molar-refractivity contribution in [3.8, 4) is 10.6 Å². The molecule has 0 atom stereocenters. The Bertz CT molecular complexity index is 984. The lowest BCUT2D eigenvalue weighted by atomic mass is 10.2. The van der Waals surface area contributed by atoms with E-state index < -0.39 is 17.7 Å². The van der Waals surface area contributed by atoms with Gasteiger partial charge >= 0.3 is 11.9 Å². The molecule has 26 heavy (non-hydrogen) atoms. The summed E-state index contributed by atoms with van der Waals surface area (Å²) in [6, 6.07) is 7.34. The van der Waals surface area contributed by atoms with Crippen LogP contribution in [0.5, 0.6) is 0 Å². The standard InChI is InChI=1S/C16H13N5O4S/c1-16(2)24-13(22)11(14(23)25-16)7-17-10-5-3-9(4-6-10)12-20-21-8-18-19-15(21)26-12/h3-8,17H,1-2H3. The summed E-state index contributed by atoms with van der Waals surface area (Å²) < 4.78 is 11.7. The molecular formula is C16H13N5O4S. The summed E-state index contributed by atoms with van der Waals surface area (Å²) in [6.07, 6.45) is 2.82. The lowest BCUT2D eigenvalue weighted by molar-refractivity contribution is -0.222. The third-order valence-corrected chi connectivity index (χ3v) is 4.48. The number of esters is 2. The average molecular weight is 371 g/mol. The molecule has 0 radical (unpaired) electrons. The van der Waals surface area contributed by atoms with E-state index in [0.717, 1.165) is 10.6 Å². The summed E-state index contributed by atoms with van der Waals surface area (Å²) in [7, 11) is 0. The van der Waals surface area contributed by atoms with Gasteiger partial charge in [0.15, 0.2) is 5.57 Å². The molecule has 3 heterocycles. The Hall–Kier alpha value is -3.27. The Balaban J connectivity index is 1.50. The van der Waals surface area contributed by atoms with E-state index in [1.165, 1.54) is 31.4 Å². The van der Waals surface area contributed by atoms with Gasteiger partial charge in [0.05, 0.1) is 0 Å². The van der Waals surface area contributed by atoms with E-state index in [9.17, 15) is 9.59 Å². The van der Waals surface area contributed by atoms with Crippen molar-refractivity contribution in [3.63, 3.8) is 0 Å². The minimum Gasteiger partial charge on any atom is -0.419 e. The lowest BCUT2D eigenvalue weighted by Gasteiger charge is -2.29. The number of aromatic nitrogens is 4. The molecule has 1 aliphatic rings. The molecule has 0 amide bonds. The number of carbonyl (C=O) groups excluding carboxylic acids is 2. The summed E-state index contributed by atoms with van der Waals surface area (Å²) in [5.74, 6) is -2.71. The SMILES string of the molecule is CC1(C)OC(=O)C(=CNc2ccc(-c3nn4cnnc4s3)cc2)C(=O)O1. The molecule has 2 aromatic heterocycles. The molecular weight excluding hydrogens is 358 g/mol. The van der Waals surface area contributed by atoms with Gasteiger partial charge in [0.2, 0.25) is 4.96 Å². The van der Waals surface area contributed by atoms with Gasteiger partial charge in [0, 0.05) is 31.3 Å². The predicted octanol–water partition coefficient (Wildman–Crippen LogP) is 1.98. The molecule has 0 unspecified atom stereocenters. The number of anilines is 1. The number of nitrogens with one attached hydrogen (secondary N) is 1. The van der Waals surface area contributed by atoms with Crippen LogP contribution in [0, 0.1) is 0 Å². The van der Waals surface area contributed by atoms with Crippen molar-refractivity contribution >= 4 is 33.9 Å². The fourth-order valence-corrected chi connectivity index (χ4v) is 3.14. The van der Waals surface area contributed by atoms with Gasteiger partial charge in [-0.25, -0.2) is 9.59 Å². The number of hydrogen-bond acceptors (Lipinski definition) is 9. The Morgan fingerprint density at radius 3 is 2.50 bits per heavy atom. The van der Waals surface area contributed by atoms with Gasteiger partial charge in [0.25, 0.3) is 5.79 Å². The van der Waals surface area contributed by atoms with Gasteiger partial charge in [-0.05, 0) is 24.3 Å². The van der Waals surface area contributed by atoms with Crippen molar-refractivity contribution in [1.29, 1.82) is 0 Å². The maximum absolute atomic E-state index is 11.9. The first kappa shape index (κ1) is 16.2. The second kappa shape index (κ2) is 5.92. The highest BCUT2D eigenvalue weighted by Crippen LogP contribution is 2.26. The van der Waals surface area contributed by atoms with Gasteiger partial charge in [-0.15, -0.1) is 10.2 Å². The Kier molecular flexibility index (Phi) is 3.69. The van der Waals surface area contributed by atoms with Crippen molar-refractivity contribution in [3.05, 3.63) is 42.4 Å². The van der Waals surface area contributed by atoms with Crippen molar-refractivity contribution < 1.29 is 19.1 Å². The van der Waals surface area contributed by atoms with Crippen LogP contribution in [0.3, 0.4) is 0 Å². The molecule has 1 saturated heterocycles. The summed E-state index contributed by atoms with van der Waals surface area (Å²) in [6.45, 7) is 3.00. The third kappa shape index (κ3) is 3.02. The number of ether oxygens (including phenoxy) is 2. The lowest BCUT2D eigenvalue weighted by Crippen LogP contribution is -2.42. The second-order valence-corrected chi connectivity index (χ2v) is 6.88. The molecule has 1 N–H and O–H groups in total. The van der Waals surface area contributed by atoms with Crippen molar-refractivity contribution in [2.45, 2.75) is 19.6 Å². The van der Waals surface area contributed by atoms with E-state index in [0.29, 0.717) is 10.6 Å². The predicted molar refractivity (Wildman–Crippen MR) is 92.1 cm³/mol. The molecule has 0 saturated carbocycles. The Labute approximate surface area is 151 Å². The van der Waals surface area contributed by atoms with E-state index in [4.69, 9.17) is 9.47 Å². The van der Waals surface area contributed by atoms with E-state index in [1.54, 1.807) is 23.0 Å². The number of rotatable bonds is 3. The van der Waals surface area contributed by atoms with Crippen LogP contribution in [0.4, 0.5) is 5.69 Å². The molecule has 0 bridgehead atoms. The normalized spacial score (nSPS) is 16.3. The van der Waals surface area contributed by atoms with Crippen molar-refractivity contribution in [2.24, 2.45) is 0 Å². The number of benzene rings is 1. The van der Waals surface area contributed by atoms with E-state index in [-0.39, 0.29) is 5.57 Å². The van der Waals surface area contributed by atoms with Crippen LogP contribution in [0.25, 0.3) is 15.5 Å². The smallest absolute Gasteiger partial charge is 0.350 e. The number of hydrogen-bond donors (Lipinski definition) is 1. The summed E-state index contributed by atoms with van der Waals surface area (Å²) in [4.78, 5) is 24.5. The van der Waals surface area contributed by atoms with Crippen LogP contribution in [-0.4, -0.2) is 37.5 Å². The molecule has 0 spiro atoms. The highest BCUT2D eigenvalue weighted by molar-refractivity contribution is 7.19. The van der Waals surface area contributed by atoms with Crippen molar-refractivity contribution in [2.75, 3.05) is 5.32 Å². The molecule has 132 valence electrons. The van der Waals surface area contributed by atoms with Gasteiger partial charge in [-0.1, -0.05) is 11.3 Å². The molecule has 1 aromatic carbocycles. The number of carbonyl (C=O) groups is 2. The summed E-state index contributed by atoms with van der Waals surface area (Å²) >= 11 is 1.42. The molecule has 4 rings (SSSR count). The first-order valence-corrected chi connectivity index (χ1v) is 8.44. The maximum Gasteiger partial charge on any atom is 0.350 e. The van der Waals surface area contributed by atoms with E-state index in [1.807, 2.05) is 12.1 Å². The first-order valence-electron chi connectivity index (χ1n) is 7.62. The molecule has 3 aromatic rings. The third-order valence-electron chi connectivity index (χ3n) is 3.52. The van der Waals surface area contributed by atoms with Gasteiger partial charge in [-0.2, -0.15) is 9.61 Å². The van der Waals surface area contributed by atoms with E-state index in [2.05, 4.69) is 20.6 Å². The van der Waals surface area contributed by atoms with E-state index >= 15 is 0 Å². The van der Waals surface area contributed by atoms with Crippen molar-refractivity contribution in [1.82, 2.24) is 19.8 Å². The quantitative estimate of drug-likeness (QED) is 0.423. The number of nitrogens with zero attached hydrogens (tertiary/aromatic N) is 4. The largest absolute Gasteiger partial charge is 0.419 e. The summed E-state index contributed by atoms with van der Waals surface area (Å²) in [5, 5.41) is 15.8. The molecule has 9 nitrogen and oxygen atoms in total. The first-order chi connectivity index (χ1) is 12.4. The second-order valence-electron chi connectivity index (χ2n) is 5.92. The van der Waals surface area contributed by atoms with Gasteiger partial charge in [0.1, 0.15) is 11.3 Å². The average Bonchev–Trinajstić information content (AvgIpc) is 3.15. The zero-order valence-corrected chi connectivity index (χ0v) is 14.6. The summed E-state index contributed by atoms with van der Waals surface area (Å²) in [5.41, 5.74) is 1.41. The van der Waals surface area contributed by atoms with Gasteiger partial charge in [-0.3, -0.25) is 0 Å². The molecule has 0 aliphatic carbocycles. The highest BCUT2D eigenvalue weighted by Gasteiger charge is 2.38. The minimum absolute atomic E-state index is 0.193. The maximum atomic E-state index is 11.9. The highest BCUT2D eigenvalue weighted by atomic mass is 32.1.